The fourth-order valence-electron chi connectivity index (χ4n) is 2.68. The summed E-state index contributed by atoms with van der Waals surface area (Å²) in [6.45, 7) is 6.87. The van der Waals surface area contributed by atoms with E-state index in [1.54, 1.807) is 25.2 Å². The number of aryl methyl sites for hydroxylation is 1. The molecule has 1 aromatic rings. The van der Waals surface area contributed by atoms with Gasteiger partial charge in [0.1, 0.15) is 5.75 Å². The summed E-state index contributed by atoms with van der Waals surface area (Å²) in [5, 5.41) is 0. The van der Waals surface area contributed by atoms with Crippen LogP contribution in [0.2, 0.25) is 0 Å². The third-order valence-electron chi connectivity index (χ3n) is 3.95. The Bertz CT molecular complexity index is 621. The molecule has 0 amide bonds. The lowest BCUT2D eigenvalue weighted by molar-refractivity contribution is 0.00858. The second-order valence-electron chi connectivity index (χ2n) is 6.37. The average Bonchev–Trinajstić information content (AvgIpc) is 2.49. The minimum absolute atomic E-state index is 0.00632. The first-order valence-electron chi connectivity index (χ1n) is 8.16. The van der Waals surface area contributed by atoms with Gasteiger partial charge in [-0.15, -0.1) is 0 Å². The van der Waals surface area contributed by atoms with Gasteiger partial charge in [-0.1, -0.05) is 0 Å². The van der Waals surface area contributed by atoms with Gasteiger partial charge in [-0.3, -0.25) is 0 Å². The van der Waals surface area contributed by atoms with Crippen LogP contribution >= 0.6 is 0 Å². The summed E-state index contributed by atoms with van der Waals surface area (Å²) in [4.78, 5) is 0.296. The van der Waals surface area contributed by atoms with Crippen molar-refractivity contribution in [2.75, 3.05) is 20.2 Å². The van der Waals surface area contributed by atoms with Gasteiger partial charge in [-0.05, 0) is 63.8 Å². The lowest BCUT2D eigenvalue weighted by atomic mass is 10.1. The van der Waals surface area contributed by atoms with E-state index in [1.165, 1.54) is 4.31 Å². The van der Waals surface area contributed by atoms with Crippen molar-refractivity contribution in [3.63, 3.8) is 0 Å². The summed E-state index contributed by atoms with van der Waals surface area (Å²) >= 11 is 0. The lowest BCUT2D eigenvalue weighted by Crippen LogP contribution is -2.37. The van der Waals surface area contributed by atoms with Crippen molar-refractivity contribution in [3.05, 3.63) is 23.8 Å². The molecule has 5 nitrogen and oxygen atoms in total. The molecule has 0 radical (unpaired) electrons. The van der Waals surface area contributed by atoms with Crippen molar-refractivity contribution in [1.82, 2.24) is 4.31 Å². The Labute approximate surface area is 139 Å². The highest BCUT2D eigenvalue weighted by atomic mass is 32.2. The van der Waals surface area contributed by atoms with Gasteiger partial charge in [-0.2, -0.15) is 4.31 Å². The highest BCUT2D eigenvalue weighted by molar-refractivity contribution is 7.89. The first-order chi connectivity index (χ1) is 10.8. The van der Waals surface area contributed by atoms with E-state index in [-0.39, 0.29) is 12.2 Å². The predicted molar refractivity (Wildman–Crippen MR) is 90.3 cm³/mol. The number of rotatable bonds is 6. The van der Waals surface area contributed by atoms with E-state index in [0.29, 0.717) is 11.4 Å². The van der Waals surface area contributed by atoms with Crippen molar-refractivity contribution >= 4 is 10.0 Å². The normalized spacial score (nSPS) is 19.3. The average molecular weight is 341 g/mol. The van der Waals surface area contributed by atoms with Gasteiger partial charge in [0, 0.05) is 20.2 Å². The Hall–Kier alpha value is -1.11. The van der Waals surface area contributed by atoms with E-state index in [9.17, 15) is 8.42 Å². The molecule has 0 N–H and O–H groups in total. The van der Waals surface area contributed by atoms with Gasteiger partial charge in [0.05, 0.1) is 17.1 Å². The largest absolute Gasteiger partial charge is 0.491 e. The summed E-state index contributed by atoms with van der Waals surface area (Å²) in [5.41, 5.74) is 0.821. The smallest absolute Gasteiger partial charge is 0.242 e. The molecular formula is C17H27NO4S. The zero-order chi connectivity index (χ0) is 17.0. The molecule has 6 heteroatoms. The second kappa shape index (κ2) is 7.64. The monoisotopic (exact) mass is 341 g/mol. The molecule has 1 aliphatic heterocycles. The summed E-state index contributed by atoms with van der Waals surface area (Å²) in [6, 6.07) is 5.01. The Morgan fingerprint density at radius 3 is 2.65 bits per heavy atom. The van der Waals surface area contributed by atoms with Crippen LogP contribution in [0, 0.1) is 6.92 Å². The summed E-state index contributed by atoms with van der Waals surface area (Å²) in [7, 11) is -1.90. The zero-order valence-corrected chi connectivity index (χ0v) is 15.2. The Morgan fingerprint density at radius 1 is 1.35 bits per heavy atom. The van der Waals surface area contributed by atoms with Crippen LogP contribution in [0.25, 0.3) is 0 Å². The SMILES string of the molecule is Cc1cc(S(=O)(=O)N(C)CC2CCCCO2)ccc1OC(C)C. The third kappa shape index (κ3) is 4.68. The number of hydrogen-bond acceptors (Lipinski definition) is 4. The molecule has 1 heterocycles. The number of hydrogen-bond donors (Lipinski definition) is 0. The topological polar surface area (TPSA) is 55.8 Å². The zero-order valence-electron chi connectivity index (χ0n) is 14.4. The lowest BCUT2D eigenvalue weighted by Gasteiger charge is -2.27. The van der Waals surface area contributed by atoms with Gasteiger partial charge in [0.15, 0.2) is 0 Å². The van der Waals surface area contributed by atoms with Crippen molar-refractivity contribution < 1.29 is 17.9 Å². The molecule has 0 aliphatic carbocycles. The molecule has 1 aromatic carbocycles. The van der Waals surface area contributed by atoms with Crippen LogP contribution in [0.4, 0.5) is 0 Å². The quantitative estimate of drug-likeness (QED) is 0.798. The van der Waals surface area contributed by atoms with Crippen LogP contribution in [0.5, 0.6) is 5.75 Å². The standard InChI is InChI=1S/C17H27NO4S/c1-13(2)22-17-9-8-16(11-14(17)3)23(19,20)18(4)12-15-7-5-6-10-21-15/h8-9,11,13,15H,5-7,10,12H2,1-4H3. The number of benzene rings is 1. The van der Waals surface area contributed by atoms with E-state index >= 15 is 0 Å². The van der Waals surface area contributed by atoms with Crippen LogP contribution in [-0.2, 0) is 14.8 Å². The maximum absolute atomic E-state index is 12.7. The molecular weight excluding hydrogens is 314 g/mol. The van der Waals surface area contributed by atoms with Gasteiger partial charge in [0.25, 0.3) is 0 Å². The molecule has 23 heavy (non-hydrogen) atoms. The first-order valence-corrected chi connectivity index (χ1v) is 9.60. The second-order valence-corrected chi connectivity index (χ2v) is 8.41. The van der Waals surface area contributed by atoms with E-state index in [2.05, 4.69) is 0 Å². The van der Waals surface area contributed by atoms with Crippen LogP contribution < -0.4 is 4.74 Å². The van der Waals surface area contributed by atoms with E-state index in [1.807, 2.05) is 20.8 Å². The molecule has 0 saturated carbocycles. The first kappa shape index (κ1) is 18.2. The van der Waals surface area contributed by atoms with Crippen LogP contribution in [0.15, 0.2) is 23.1 Å². The molecule has 1 fully saturated rings. The van der Waals surface area contributed by atoms with E-state index < -0.39 is 10.0 Å². The number of sulfonamides is 1. The minimum atomic E-state index is -3.51. The van der Waals surface area contributed by atoms with Gasteiger partial charge >= 0.3 is 0 Å². The molecule has 1 atom stereocenters. The molecule has 2 rings (SSSR count). The van der Waals surface area contributed by atoms with E-state index in [4.69, 9.17) is 9.47 Å². The molecule has 1 saturated heterocycles. The van der Waals surface area contributed by atoms with Crippen LogP contribution in [0.1, 0.15) is 38.7 Å². The third-order valence-corrected chi connectivity index (χ3v) is 5.77. The van der Waals surface area contributed by atoms with Gasteiger partial charge < -0.3 is 9.47 Å². The highest BCUT2D eigenvalue weighted by Crippen LogP contribution is 2.25. The van der Waals surface area contributed by atoms with Crippen LogP contribution in [-0.4, -0.2) is 45.1 Å². The maximum Gasteiger partial charge on any atom is 0.242 e. The highest BCUT2D eigenvalue weighted by Gasteiger charge is 2.25. The molecule has 130 valence electrons. The maximum atomic E-state index is 12.7. The number of likely N-dealkylation sites (N-methyl/N-ethyl adjacent to an activating group) is 1. The minimum Gasteiger partial charge on any atom is -0.491 e. The van der Waals surface area contributed by atoms with E-state index in [0.717, 1.165) is 37.2 Å². The number of nitrogens with zero attached hydrogens (tertiary/aromatic N) is 1. The Morgan fingerprint density at radius 2 is 2.09 bits per heavy atom. The fourth-order valence-corrected chi connectivity index (χ4v) is 3.97. The van der Waals surface area contributed by atoms with Gasteiger partial charge in [-0.25, -0.2) is 8.42 Å². The number of ether oxygens (including phenoxy) is 2. The fraction of sp³-hybridized carbons (Fsp3) is 0.647. The predicted octanol–water partition coefficient (Wildman–Crippen LogP) is 2.97. The molecule has 0 bridgehead atoms. The van der Waals surface area contributed by atoms with Gasteiger partial charge in [0.2, 0.25) is 10.0 Å². The molecule has 1 aliphatic rings. The summed E-state index contributed by atoms with van der Waals surface area (Å²) in [5.74, 6) is 0.720. The Balaban J connectivity index is 2.13. The summed E-state index contributed by atoms with van der Waals surface area (Å²) in [6.07, 6.45) is 3.12. The summed E-state index contributed by atoms with van der Waals surface area (Å²) < 4.78 is 38.1. The van der Waals surface area contributed by atoms with Crippen LogP contribution in [0.3, 0.4) is 0 Å². The Kier molecular flexibility index (Phi) is 6.06. The molecule has 0 spiro atoms. The van der Waals surface area contributed by atoms with Crippen molar-refractivity contribution in [2.45, 2.75) is 57.1 Å². The molecule has 0 aromatic heterocycles. The van der Waals surface area contributed by atoms with Crippen molar-refractivity contribution in [2.24, 2.45) is 0 Å². The molecule has 1 unspecified atom stereocenters. The van der Waals surface area contributed by atoms with Crippen molar-refractivity contribution in [3.8, 4) is 5.75 Å². The van der Waals surface area contributed by atoms with Crippen molar-refractivity contribution in [1.29, 1.82) is 0 Å².